The van der Waals surface area contributed by atoms with Crippen LogP contribution in [0.4, 0.5) is 5.69 Å². The number of rotatable bonds is 1. The number of anilines is 1. The van der Waals surface area contributed by atoms with Gasteiger partial charge in [0, 0.05) is 12.2 Å². The summed E-state index contributed by atoms with van der Waals surface area (Å²) in [5, 5.41) is 9.09. The standard InChI is InChI=1S/C11H10ClN3O/c12-9-5-8(2-1-7(9)6-13)15-4-3-10(14)11(15)16/h1-2,5,10H,3-4,14H2. The van der Waals surface area contributed by atoms with Crippen LogP contribution in [0.5, 0.6) is 0 Å². The Kier molecular flexibility index (Phi) is 2.82. The van der Waals surface area contributed by atoms with E-state index in [1.165, 1.54) is 0 Å². The molecule has 0 aromatic heterocycles. The average Bonchev–Trinajstić information content (AvgIpc) is 2.60. The molecule has 1 heterocycles. The zero-order valence-corrected chi connectivity index (χ0v) is 9.24. The van der Waals surface area contributed by atoms with Gasteiger partial charge in [0.1, 0.15) is 6.07 Å². The number of carbonyl (C=O) groups excluding carboxylic acids is 1. The summed E-state index contributed by atoms with van der Waals surface area (Å²) in [4.78, 5) is 13.3. The van der Waals surface area contributed by atoms with Crippen LogP contribution in [0.3, 0.4) is 0 Å². The first-order chi connectivity index (χ1) is 7.63. The molecule has 5 heteroatoms. The molecule has 82 valence electrons. The van der Waals surface area contributed by atoms with E-state index in [1.807, 2.05) is 6.07 Å². The molecule has 0 bridgehead atoms. The van der Waals surface area contributed by atoms with Crippen molar-refractivity contribution >= 4 is 23.2 Å². The highest BCUT2D eigenvalue weighted by Crippen LogP contribution is 2.26. The van der Waals surface area contributed by atoms with Crippen molar-refractivity contribution in [3.8, 4) is 6.07 Å². The monoisotopic (exact) mass is 235 g/mol. The van der Waals surface area contributed by atoms with Crippen LogP contribution in [0.2, 0.25) is 5.02 Å². The fourth-order valence-corrected chi connectivity index (χ4v) is 1.94. The molecule has 1 amide bonds. The van der Waals surface area contributed by atoms with Crippen LogP contribution in [-0.2, 0) is 4.79 Å². The van der Waals surface area contributed by atoms with Crippen LogP contribution >= 0.6 is 11.6 Å². The van der Waals surface area contributed by atoms with Gasteiger partial charge in [-0.3, -0.25) is 4.79 Å². The number of nitrogens with two attached hydrogens (primary N) is 1. The fraction of sp³-hybridized carbons (Fsp3) is 0.273. The SMILES string of the molecule is N#Cc1ccc(N2CCC(N)C2=O)cc1Cl. The van der Waals surface area contributed by atoms with Crippen molar-refractivity contribution in [2.45, 2.75) is 12.5 Å². The van der Waals surface area contributed by atoms with Crippen molar-refractivity contribution in [2.24, 2.45) is 5.73 Å². The predicted molar refractivity (Wildman–Crippen MR) is 61.1 cm³/mol. The second-order valence-electron chi connectivity index (χ2n) is 3.66. The van der Waals surface area contributed by atoms with Gasteiger partial charge in [-0.1, -0.05) is 11.6 Å². The molecule has 0 saturated carbocycles. The molecule has 1 aliphatic heterocycles. The molecule has 0 aliphatic carbocycles. The van der Waals surface area contributed by atoms with E-state index in [9.17, 15) is 4.79 Å². The molecule has 1 aromatic rings. The summed E-state index contributed by atoms with van der Waals surface area (Å²) in [5.74, 6) is -0.0965. The summed E-state index contributed by atoms with van der Waals surface area (Å²) in [7, 11) is 0. The van der Waals surface area contributed by atoms with Gasteiger partial charge < -0.3 is 10.6 Å². The Bertz CT molecular complexity index is 481. The third-order valence-corrected chi connectivity index (χ3v) is 2.94. The van der Waals surface area contributed by atoms with Gasteiger partial charge in [-0.05, 0) is 24.6 Å². The van der Waals surface area contributed by atoms with E-state index in [1.54, 1.807) is 23.1 Å². The Hall–Kier alpha value is -1.57. The minimum absolute atomic E-state index is 0.0965. The second kappa shape index (κ2) is 4.12. The van der Waals surface area contributed by atoms with Crippen molar-refractivity contribution in [2.75, 3.05) is 11.4 Å². The van der Waals surface area contributed by atoms with Gasteiger partial charge >= 0.3 is 0 Å². The number of nitrogens with zero attached hydrogens (tertiary/aromatic N) is 2. The fourth-order valence-electron chi connectivity index (χ4n) is 1.72. The molecule has 0 radical (unpaired) electrons. The highest BCUT2D eigenvalue weighted by Gasteiger charge is 2.29. The molecule has 1 fully saturated rings. The molecule has 1 atom stereocenters. The predicted octanol–water partition coefficient (Wildman–Crippen LogP) is 1.28. The number of amides is 1. The van der Waals surface area contributed by atoms with E-state index in [-0.39, 0.29) is 5.91 Å². The maximum atomic E-state index is 11.7. The van der Waals surface area contributed by atoms with E-state index in [0.717, 1.165) is 0 Å². The topological polar surface area (TPSA) is 70.1 Å². The maximum Gasteiger partial charge on any atom is 0.243 e. The van der Waals surface area contributed by atoms with Crippen molar-refractivity contribution in [1.29, 1.82) is 5.26 Å². The smallest absolute Gasteiger partial charge is 0.243 e. The Balaban J connectivity index is 2.33. The van der Waals surface area contributed by atoms with Crippen LogP contribution in [0.25, 0.3) is 0 Å². The van der Waals surface area contributed by atoms with Crippen molar-refractivity contribution in [1.82, 2.24) is 0 Å². The molecule has 1 aliphatic rings. The molecule has 0 spiro atoms. The summed E-state index contributed by atoms with van der Waals surface area (Å²) >= 11 is 5.90. The van der Waals surface area contributed by atoms with Crippen molar-refractivity contribution in [3.63, 3.8) is 0 Å². The summed E-state index contributed by atoms with van der Waals surface area (Å²) in [6.07, 6.45) is 0.649. The number of benzene rings is 1. The number of nitriles is 1. The molecular weight excluding hydrogens is 226 g/mol. The zero-order chi connectivity index (χ0) is 11.7. The number of hydrogen-bond donors (Lipinski definition) is 1. The molecule has 1 unspecified atom stereocenters. The molecule has 1 aromatic carbocycles. The van der Waals surface area contributed by atoms with Crippen molar-refractivity contribution < 1.29 is 4.79 Å². The second-order valence-corrected chi connectivity index (χ2v) is 4.07. The highest BCUT2D eigenvalue weighted by atomic mass is 35.5. The average molecular weight is 236 g/mol. The lowest BCUT2D eigenvalue weighted by Gasteiger charge is -2.16. The first kappa shape index (κ1) is 10.9. The van der Waals surface area contributed by atoms with E-state index in [0.29, 0.717) is 29.2 Å². The lowest BCUT2D eigenvalue weighted by atomic mass is 10.2. The lowest BCUT2D eigenvalue weighted by Crippen LogP contribution is -2.33. The van der Waals surface area contributed by atoms with E-state index >= 15 is 0 Å². The Morgan fingerprint density at radius 1 is 1.56 bits per heavy atom. The number of carbonyl (C=O) groups is 1. The van der Waals surface area contributed by atoms with Gasteiger partial charge in [0.15, 0.2) is 0 Å². The van der Waals surface area contributed by atoms with Crippen LogP contribution in [-0.4, -0.2) is 18.5 Å². The van der Waals surface area contributed by atoms with Gasteiger partial charge in [-0.25, -0.2) is 0 Å². The van der Waals surface area contributed by atoms with Crippen LogP contribution in [0.1, 0.15) is 12.0 Å². The van der Waals surface area contributed by atoms with Gasteiger partial charge in [-0.2, -0.15) is 5.26 Å². The van der Waals surface area contributed by atoms with Crippen LogP contribution < -0.4 is 10.6 Å². The highest BCUT2D eigenvalue weighted by molar-refractivity contribution is 6.32. The molecular formula is C11H10ClN3O. The minimum atomic E-state index is -0.422. The maximum absolute atomic E-state index is 11.7. The summed E-state index contributed by atoms with van der Waals surface area (Å²) < 4.78 is 0. The third-order valence-electron chi connectivity index (χ3n) is 2.63. The van der Waals surface area contributed by atoms with E-state index in [2.05, 4.69) is 0 Å². The van der Waals surface area contributed by atoms with Gasteiger partial charge in [0.25, 0.3) is 0 Å². The van der Waals surface area contributed by atoms with Gasteiger partial charge in [-0.15, -0.1) is 0 Å². The van der Waals surface area contributed by atoms with Gasteiger partial charge in [0.05, 0.1) is 16.6 Å². The molecule has 1 saturated heterocycles. The Morgan fingerprint density at radius 2 is 2.31 bits per heavy atom. The number of hydrogen-bond acceptors (Lipinski definition) is 3. The zero-order valence-electron chi connectivity index (χ0n) is 8.48. The summed E-state index contributed by atoms with van der Waals surface area (Å²) in [6.45, 7) is 0.599. The summed E-state index contributed by atoms with van der Waals surface area (Å²) in [6, 6.07) is 6.49. The molecule has 2 N–H and O–H groups in total. The Labute approximate surface area is 98.2 Å². The lowest BCUT2D eigenvalue weighted by molar-refractivity contribution is -0.118. The summed E-state index contributed by atoms with van der Waals surface area (Å²) in [5.41, 5.74) is 6.72. The van der Waals surface area contributed by atoms with Gasteiger partial charge in [0.2, 0.25) is 5.91 Å². The molecule has 2 rings (SSSR count). The Morgan fingerprint density at radius 3 is 2.81 bits per heavy atom. The largest absolute Gasteiger partial charge is 0.320 e. The third kappa shape index (κ3) is 1.75. The van der Waals surface area contributed by atoms with Crippen LogP contribution in [0.15, 0.2) is 18.2 Å². The van der Waals surface area contributed by atoms with Crippen molar-refractivity contribution in [3.05, 3.63) is 28.8 Å². The van der Waals surface area contributed by atoms with E-state index in [4.69, 9.17) is 22.6 Å². The molecule has 16 heavy (non-hydrogen) atoms. The minimum Gasteiger partial charge on any atom is -0.320 e. The van der Waals surface area contributed by atoms with E-state index < -0.39 is 6.04 Å². The molecule has 4 nitrogen and oxygen atoms in total. The first-order valence-electron chi connectivity index (χ1n) is 4.90. The quantitative estimate of drug-likeness (QED) is 0.797. The first-order valence-corrected chi connectivity index (χ1v) is 5.28. The van der Waals surface area contributed by atoms with Crippen LogP contribution in [0, 0.1) is 11.3 Å². The number of halogens is 1. The normalized spacial score (nSPS) is 19.9.